The molecule has 2 rings (SSSR count). The van der Waals surface area contributed by atoms with E-state index in [1.807, 2.05) is 26.8 Å². The van der Waals surface area contributed by atoms with E-state index in [4.69, 9.17) is 28.5 Å². The van der Waals surface area contributed by atoms with Gasteiger partial charge >= 0.3 is 0 Å². The molecule has 0 spiro atoms. The molecule has 3 N–H and O–H groups in total. The van der Waals surface area contributed by atoms with Crippen LogP contribution in [0.25, 0.3) is 5.57 Å². The van der Waals surface area contributed by atoms with E-state index in [1.54, 1.807) is 0 Å². The monoisotopic (exact) mass is 393 g/mol. The van der Waals surface area contributed by atoms with Crippen LogP contribution in [0.1, 0.15) is 37.0 Å². The first kappa shape index (κ1) is 19.8. The van der Waals surface area contributed by atoms with E-state index in [1.165, 1.54) is 18.3 Å². The zero-order chi connectivity index (χ0) is 19.3. The lowest BCUT2D eigenvalue weighted by Gasteiger charge is -2.20. The number of tetrazole rings is 1. The molecule has 0 aliphatic rings. The number of carbonyl (C=O) groups excluding carboxylic acids is 1. The quantitative estimate of drug-likeness (QED) is 0.509. The SMILES string of the molecule is CC(C)(C)NCC(=O)c1cc(Cl)c(NC=C(C#N)c2nn[nH]n2)c(Cl)c1. The van der Waals surface area contributed by atoms with Crippen LogP contribution in [-0.2, 0) is 0 Å². The molecule has 0 atom stereocenters. The summed E-state index contributed by atoms with van der Waals surface area (Å²) in [4.78, 5) is 12.3. The van der Waals surface area contributed by atoms with E-state index in [2.05, 4.69) is 31.3 Å². The van der Waals surface area contributed by atoms with E-state index in [0.29, 0.717) is 11.3 Å². The number of aromatic amines is 1. The van der Waals surface area contributed by atoms with Crippen molar-refractivity contribution in [1.82, 2.24) is 25.9 Å². The number of ketones is 1. The van der Waals surface area contributed by atoms with Gasteiger partial charge in [0.1, 0.15) is 11.6 Å². The summed E-state index contributed by atoms with van der Waals surface area (Å²) in [6.07, 6.45) is 1.36. The molecule has 0 fully saturated rings. The summed E-state index contributed by atoms with van der Waals surface area (Å²) in [6.45, 7) is 6.07. The Morgan fingerprint density at radius 3 is 2.50 bits per heavy atom. The molecule has 136 valence electrons. The Kier molecular flexibility index (Phi) is 6.32. The van der Waals surface area contributed by atoms with Gasteiger partial charge in [0.15, 0.2) is 5.78 Å². The van der Waals surface area contributed by atoms with Gasteiger partial charge in [-0.25, -0.2) is 0 Å². The van der Waals surface area contributed by atoms with Crippen molar-refractivity contribution < 1.29 is 4.79 Å². The molecule has 1 heterocycles. The maximum absolute atomic E-state index is 12.3. The fourth-order valence-electron chi connectivity index (χ4n) is 1.89. The Morgan fingerprint density at radius 2 is 2.00 bits per heavy atom. The number of carbonyl (C=O) groups is 1. The Hall–Kier alpha value is -2.47. The maximum Gasteiger partial charge on any atom is 0.216 e. The number of nitrogens with one attached hydrogen (secondary N) is 3. The number of nitrogens with zero attached hydrogens (tertiary/aromatic N) is 4. The molecule has 0 amide bonds. The van der Waals surface area contributed by atoms with E-state index >= 15 is 0 Å². The molecule has 0 aliphatic carbocycles. The van der Waals surface area contributed by atoms with Crippen molar-refractivity contribution in [2.24, 2.45) is 0 Å². The molecule has 8 nitrogen and oxygen atoms in total. The minimum Gasteiger partial charge on any atom is -0.358 e. The fourth-order valence-corrected chi connectivity index (χ4v) is 2.48. The third kappa shape index (κ3) is 5.26. The predicted octanol–water partition coefficient (Wildman–Crippen LogP) is 3.05. The van der Waals surface area contributed by atoms with Gasteiger partial charge in [0, 0.05) is 17.3 Å². The third-order valence-electron chi connectivity index (χ3n) is 3.21. The van der Waals surface area contributed by atoms with Crippen LogP contribution in [0.5, 0.6) is 0 Å². The van der Waals surface area contributed by atoms with Gasteiger partial charge in [-0.05, 0) is 38.1 Å². The second kappa shape index (κ2) is 8.27. The molecular formula is C16H17Cl2N7O. The molecule has 0 unspecified atom stereocenters. The number of rotatable bonds is 6. The number of Topliss-reactive ketones (excluding diaryl/α,β-unsaturated/α-hetero) is 1. The van der Waals surface area contributed by atoms with Gasteiger partial charge in [-0.3, -0.25) is 4.79 Å². The normalized spacial score (nSPS) is 11.9. The first-order valence-corrected chi connectivity index (χ1v) is 8.35. The summed E-state index contributed by atoms with van der Waals surface area (Å²) >= 11 is 12.5. The van der Waals surface area contributed by atoms with E-state index < -0.39 is 0 Å². The van der Waals surface area contributed by atoms with Crippen LogP contribution in [0, 0.1) is 11.3 Å². The van der Waals surface area contributed by atoms with Gasteiger partial charge < -0.3 is 10.6 Å². The number of allylic oxidation sites excluding steroid dienone is 1. The molecule has 0 saturated carbocycles. The molecule has 0 bridgehead atoms. The van der Waals surface area contributed by atoms with Crippen LogP contribution >= 0.6 is 23.2 Å². The van der Waals surface area contributed by atoms with Crippen LogP contribution in [0.3, 0.4) is 0 Å². The number of nitriles is 1. The summed E-state index contributed by atoms with van der Waals surface area (Å²) in [6, 6.07) is 4.99. The third-order valence-corrected chi connectivity index (χ3v) is 3.81. The fraction of sp³-hybridized carbons (Fsp3) is 0.312. The lowest BCUT2D eigenvalue weighted by molar-refractivity contribution is 0.0982. The lowest BCUT2D eigenvalue weighted by atomic mass is 10.1. The van der Waals surface area contributed by atoms with Crippen molar-refractivity contribution in [1.29, 1.82) is 5.26 Å². The number of halogens is 2. The molecule has 0 radical (unpaired) electrons. The second-order valence-electron chi connectivity index (χ2n) is 6.39. The van der Waals surface area contributed by atoms with Crippen LogP contribution in [0.4, 0.5) is 5.69 Å². The zero-order valence-electron chi connectivity index (χ0n) is 14.4. The molecule has 0 aliphatic heterocycles. The average molecular weight is 394 g/mol. The van der Waals surface area contributed by atoms with Gasteiger partial charge in [-0.15, -0.1) is 10.2 Å². The van der Waals surface area contributed by atoms with E-state index in [0.717, 1.165) is 0 Å². The van der Waals surface area contributed by atoms with Crippen molar-refractivity contribution in [3.05, 3.63) is 39.8 Å². The number of hydrogen-bond donors (Lipinski definition) is 3. The predicted molar refractivity (Wildman–Crippen MR) is 99.9 cm³/mol. The highest BCUT2D eigenvalue weighted by molar-refractivity contribution is 6.39. The molecular weight excluding hydrogens is 377 g/mol. The number of hydrogen-bond acceptors (Lipinski definition) is 7. The average Bonchev–Trinajstić information content (AvgIpc) is 3.08. The highest BCUT2D eigenvalue weighted by Gasteiger charge is 2.16. The molecule has 1 aromatic carbocycles. The maximum atomic E-state index is 12.3. The van der Waals surface area contributed by atoms with Gasteiger partial charge in [-0.2, -0.15) is 10.5 Å². The minimum atomic E-state index is -0.182. The van der Waals surface area contributed by atoms with E-state index in [9.17, 15) is 4.79 Å². The van der Waals surface area contributed by atoms with Crippen LogP contribution in [0.15, 0.2) is 18.3 Å². The zero-order valence-corrected chi connectivity index (χ0v) is 15.9. The van der Waals surface area contributed by atoms with Crippen molar-refractivity contribution in [3.8, 4) is 6.07 Å². The number of benzene rings is 1. The van der Waals surface area contributed by atoms with Crippen molar-refractivity contribution in [2.45, 2.75) is 26.3 Å². The Morgan fingerprint density at radius 1 is 1.35 bits per heavy atom. The van der Waals surface area contributed by atoms with Crippen molar-refractivity contribution >= 4 is 40.2 Å². The van der Waals surface area contributed by atoms with Gasteiger partial charge in [0.25, 0.3) is 0 Å². The first-order chi connectivity index (χ1) is 12.2. The van der Waals surface area contributed by atoms with Gasteiger partial charge in [-0.1, -0.05) is 23.2 Å². The Labute approximate surface area is 160 Å². The smallest absolute Gasteiger partial charge is 0.216 e. The highest BCUT2D eigenvalue weighted by atomic mass is 35.5. The summed E-state index contributed by atoms with van der Waals surface area (Å²) in [5, 5.41) is 28.7. The lowest BCUT2D eigenvalue weighted by Crippen LogP contribution is -2.39. The standard InChI is InChI=1S/C16H17Cl2N7O/c1-16(2,3)21-8-13(26)9-4-11(17)14(12(18)5-9)20-7-10(6-19)15-22-24-25-23-15/h4-5,7,20-21H,8H2,1-3H3,(H,22,23,24,25). The van der Waals surface area contributed by atoms with Crippen LogP contribution in [0.2, 0.25) is 10.0 Å². The van der Waals surface area contributed by atoms with Gasteiger partial charge in [0.2, 0.25) is 5.82 Å². The minimum absolute atomic E-state index is 0.129. The van der Waals surface area contributed by atoms with Crippen molar-refractivity contribution in [3.63, 3.8) is 0 Å². The number of H-pyrrole nitrogens is 1. The topological polar surface area (TPSA) is 119 Å². The summed E-state index contributed by atoms with van der Waals surface area (Å²) < 4.78 is 0. The molecule has 2 aromatic rings. The largest absolute Gasteiger partial charge is 0.358 e. The van der Waals surface area contributed by atoms with Crippen LogP contribution < -0.4 is 10.6 Å². The molecule has 0 saturated heterocycles. The summed E-state index contributed by atoms with van der Waals surface area (Å²) in [5.74, 6) is 0.00243. The Bertz CT molecular complexity index is 841. The van der Waals surface area contributed by atoms with Gasteiger partial charge in [0.05, 0.1) is 22.3 Å². The highest BCUT2D eigenvalue weighted by Crippen LogP contribution is 2.32. The molecule has 10 heteroatoms. The van der Waals surface area contributed by atoms with Crippen molar-refractivity contribution in [2.75, 3.05) is 11.9 Å². The molecule has 26 heavy (non-hydrogen) atoms. The molecule has 1 aromatic heterocycles. The summed E-state index contributed by atoms with van der Waals surface area (Å²) in [5.41, 5.74) is 0.716. The summed E-state index contributed by atoms with van der Waals surface area (Å²) in [7, 11) is 0. The van der Waals surface area contributed by atoms with E-state index in [-0.39, 0.29) is 39.3 Å². The number of anilines is 1. The second-order valence-corrected chi connectivity index (χ2v) is 7.21. The number of aromatic nitrogens is 4. The first-order valence-electron chi connectivity index (χ1n) is 7.59. The Balaban J connectivity index is 2.19. The van der Waals surface area contributed by atoms with Crippen LogP contribution in [-0.4, -0.2) is 38.5 Å².